The summed E-state index contributed by atoms with van der Waals surface area (Å²) < 4.78 is 25.5. The van der Waals surface area contributed by atoms with Crippen LogP contribution in [0.1, 0.15) is 181 Å². The molecule has 2 fully saturated rings. The van der Waals surface area contributed by atoms with Crippen LogP contribution in [-0.4, -0.2) is 124 Å². The molecule has 90 heavy (non-hydrogen) atoms. The Morgan fingerprint density at radius 1 is 0.589 bits per heavy atom. The molecule has 4 atom stereocenters. The lowest BCUT2D eigenvalue weighted by atomic mass is 9.75. The summed E-state index contributed by atoms with van der Waals surface area (Å²) in [5, 5.41) is 6.91. The number of aryl methyl sites for hydroxylation is 3. The molecule has 4 aliphatic rings. The van der Waals surface area contributed by atoms with E-state index in [1.165, 1.54) is 13.8 Å². The lowest BCUT2D eigenvalue weighted by molar-refractivity contribution is -0.163. The maximum Gasteiger partial charge on any atom is 0.410 e. The van der Waals surface area contributed by atoms with Gasteiger partial charge in [-0.15, -0.1) is 0 Å². The van der Waals surface area contributed by atoms with E-state index in [0.29, 0.717) is 31.2 Å². The number of carbonyl (C=O) groups excluding carboxylic acids is 6. The van der Waals surface area contributed by atoms with Crippen molar-refractivity contribution in [3.63, 3.8) is 0 Å². The monoisotopic (exact) mass is 1250 g/mol. The van der Waals surface area contributed by atoms with Gasteiger partial charge in [0.1, 0.15) is 0 Å². The van der Waals surface area contributed by atoms with Gasteiger partial charge >= 0.3 is 24.1 Å². The first-order chi connectivity index (χ1) is 42.7. The van der Waals surface area contributed by atoms with Gasteiger partial charge in [-0.25, -0.2) is 19.6 Å². The number of pyridine rings is 2. The minimum absolute atomic E-state index is 0.0332. The largest absolute Gasteiger partial charge is 0.450 e. The van der Waals surface area contributed by atoms with Crippen LogP contribution in [0.5, 0.6) is 0 Å². The predicted molar refractivity (Wildman–Crippen MR) is 342 cm³/mol. The molecule has 0 saturated carbocycles. The Morgan fingerprint density at radius 3 is 1.37 bits per heavy atom. The number of fused-ring (bicyclic) bond motifs is 4. The molecule has 4 amide bonds. The van der Waals surface area contributed by atoms with Crippen LogP contribution < -0.4 is 10.6 Å². The molecule has 20 nitrogen and oxygen atoms in total. The van der Waals surface area contributed by atoms with Crippen molar-refractivity contribution < 1.29 is 47.7 Å². The number of aromatic nitrogens is 6. The van der Waals surface area contributed by atoms with Crippen molar-refractivity contribution in [2.75, 3.05) is 26.2 Å². The topological polar surface area (TPSA) is 231 Å². The zero-order valence-electron chi connectivity index (χ0n) is 53.7. The number of hydrogen-bond donors (Lipinski definition) is 2. The van der Waals surface area contributed by atoms with Crippen LogP contribution in [0.4, 0.5) is 9.59 Å². The second-order valence-electron chi connectivity index (χ2n) is 25.3. The van der Waals surface area contributed by atoms with E-state index in [4.69, 9.17) is 40.5 Å². The second-order valence-corrected chi connectivity index (χ2v) is 25.8. The standard InChI is InChI=1S/C35H43N5O5.C34H40ClN5O5/c1-21(2)44-34(43)40-15-12-24(13-16-40)30-26-11-10-22(3)17-27(26)28(18-25-9-8-14-37-31(25)30)32(29-19-36-20-39(29)7)38-33(42)35(5,6)45-23(4)41;1-20(2)44-33(43)40-14-11-22(12-15-40)29-25-10-9-24(35)17-26(25)27(16-23-8-7-13-37-30(23)29)31(28-18-36-19-39(28)6)38-32(42)34(4,5)45-21(3)41/h8-11,14,17-21,24,30,32H,12-13,15-16H2,1-7H3,(H,38,42);7-10,13,16-20,22,29,31H,11-12,14-15H2,1-6H3,(H,38,42)/t30-,32+;29-,31+/m00/s1. The maximum atomic E-state index is 13.7. The summed E-state index contributed by atoms with van der Waals surface area (Å²) in [7, 11) is 3.76. The molecule has 2 aliphatic heterocycles. The Morgan fingerprint density at radius 2 is 0.989 bits per heavy atom. The summed E-state index contributed by atoms with van der Waals surface area (Å²) in [6.45, 7) is 20.7. The number of piperidine rings is 2. The molecule has 2 saturated heterocycles. The third-order valence-corrected chi connectivity index (χ3v) is 17.3. The Balaban J connectivity index is 0.000000213. The Kier molecular flexibility index (Phi) is 20.2. The quantitative estimate of drug-likeness (QED) is 0.0763. The zero-order chi connectivity index (χ0) is 64.9. The number of ether oxygens (including phenoxy) is 4. The summed E-state index contributed by atoms with van der Waals surface area (Å²) in [5.41, 5.74) is 9.30. The number of nitrogens with zero attached hydrogens (tertiary/aromatic N) is 8. The summed E-state index contributed by atoms with van der Waals surface area (Å²) in [4.78, 5) is 98.6. The summed E-state index contributed by atoms with van der Waals surface area (Å²) in [5.74, 6) is -1.68. The van der Waals surface area contributed by atoms with Gasteiger partial charge in [-0.3, -0.25) is 29.1 Å². The molecule has 0 bridgehead atoms. The van der Waals surface area contributed by atoms with E-state index in [2.05, 4.69) is 63.9 Å². The number of imidazole rings is 2. The average molecular weight is 1250 g/mol. The van der Waals surface area contributed by atoms with Gasteiger partial charge in [-0.05, 0) is 181 Å². The minimum atomic E-state index is -1.42. The molecule has 21 heteroatoms. The predicted octanol–water partition coefficient (Wildman–Crippen LogP) is 11.5. The summed E-state index contributed by atoms with van der Waals surface area (Å²) >= 11 is 6.67. The Bertz CT molecular complexity index is 3480. The lowest BCUT2D eigenvalue weighted by Crippen LogP contribution is -2.47. The molecular weight excluding hydrogens is 1160 g/mol. The number of rotatable bonds is 14. The van der Waals surface area contributed by atoms with E-state index in [-0.39, 0.29) is 48.1 Å². The number of likely N-dealkylation sites (tertiary alicyclic amines) is 2. The smallest absolute Gasteiger partial charge is 0.410 e. The molecule has 2 N–H and O–H groups in total. The van der Waals surface area contributed by atoms with Gasteiger partial charge in [-0.1, -0.05) is 53.6 Å². The van der Waals surface area contributed by atoms with Gasteiger partial charge in [0.2, 0.25) is 0 Å². The number of benzene rings is 2. The number of hydrogen-bond acceptors (Lipinski definition) is 14. The van der Waals surface area contributed by atoms with Crippen LogP contribution in [0, 0.1) is 18.8 Å². The first-order valence-electron chi connectivity index (χ1n) is 30.8. The zero-order valence-corrected chi connectivity index (χ0v) is 54.5. The Hall–Kier alpha value is -8.65. The molecule has 0 unspecified atom stereocenters. The number of nitrogens with one attached hydrogen (secondary N) is 2. The van der Waals surface area contributed by atoms with Gasteiger partial charge in [0, 0.05) is 83.4 Å². The number of amides is 4. The fourth-order valence-corrected chi connectivity index (χ4v) is 13.0. The molecule has 0 radical (unpaired) electrons. The van der Waals surface area contributed by atoms with Crippen LogP contribution in [0.15, 0.2) is 98.1 Å². The van der Waals surface area contributed by atoms with Gasteiger partial charge in [-0.2, -0.15) is 0 Å². The van der Waals surface area contributed by atoms with Crippen molar-refractivity contribution in [3.05, 3.63) is 165 Å². The van der Waals surface area contributed by atoms with E-state index in [1.807, 2.05) is 93.5 Å². The van der Waals surface area contributed by atoms with E-state index in [9.17, 15) is 28.8 Å². The van der Waals surface area contributed by atoms with Crippen LogP contribution in [0.2, 0.25) is 5.02 Å². The lowest BCUT2D eigenvalue weighted by Gasteiger charge is -2.36. The van der Waals surface area contributed by atoms with Crippen LogP contribution >= 0.6 is 11.6 Å². The Labute approximate surface area is 531 Å². The van der Waals surface area contributed by atoms with E-state index < -0.39 is 47.0 Å². The molecule has 6 heterocycles. The summed E-state index contributed by atoms with van der Waals surface area (Å²) in [6.07, 6.45) is 16.9. The SMILES string of the molecule is CC(=O)OC(C)(C)C(=O)N[C@H](C1=Cc2cccnc2[C@@H](C2CCN(C(=O)OC(C)C)CC2)c2ccc(C)cc21)c1cncn1C.CC(=O)OC(C)(C)C(=O)N[C@H](C1=Cc2cccnc2[C@@H](C2CCN(C(=O)OC(C)C)CC2)c2ccc(Cl)cc21)c1cncn1C. The average Bonchev–Trinajstić information content (AvgIpc) is 1.62. The van der Waals surface area contributed by atoms with Gasteiger partial charge in [0.05, 0.1) is 72.1 Å². The number of esters is 2. The summed E-state index contributed by atoms with van der Waals surface area (Å²) in [6, 6.07) is 19.0. The molecule has 2 aliphatic carbocycles. The van der Waals surface area contributed by atoms with Crippen LogP contribution in [0.3, 0.4) is 0 Å². The maximum absolute atomic E-state index is 13.7. The first kappa shape index (κ1) is 65.8. The first-order valence-corrected chi connectivity index (χ1v) is 31.2. The number of halogens is 1. The van der Waals surface area contributed by atoms with Crippen molar-refractivity contribution >= 4 is 70.8 Å². The molecule has 476 valence electrons. The van der Waals surface area contributed by atoms with E-state index in [0.717, 1.165) is 98.5 Å². The third kappa shape index (κ3) is 14.8. The fourth-order valence-electron chi connectivity index (χ4n) is 12.8. The van der Waals surface area contributed by atoms with Crippen molar-refractivity contribution in [1.29, 1.82) is 0 Å². The van der Waals surface area contributed by atoms with E-state index in [1.54, 1.807) is 68.7 Å². The minimum Gasteiger partial charge on any atom is -0.450 e. The highest BCUT2D eigenvalue weighted by atomic mass is 35.5. The molecule has 0 spiro atoms. The van der Waals surface area contributed by atoms with Crippen LogP contribution in [-0.2, 0) is 52.2 Å². The van der Waals surface area contributed by atoms with Gasteiger partial charge in [0.25, 0.3) is 11.8 Å². The highest BCUT2D eigenvalue weighted by molar-refractivity contribution is 6.30. The fraction of sp³-hybridized carbons (Fsp3) is 0.449. The van der Waals surface area contributed by atoms with Crippen LogP contribution in [0.25, 0.3) is 23.3 Å². The highest BCUT2D eigenvalue weighted by Gasteiger charge is 2.42. The van der Waals surface area contributed by atoms with Crippen molar-refractivity contribution in [1.82, 2.24) is 49.5 Å². The van der Waals surface area contributed by atoms with E-state index >= 15 is 0 Å². The second kappa shape index (κ2) is 27.6. The van der Waals surface area contributed by atoms with Gasteiger partial charge < -0.3 is 48.5 Å². The highest BCUT2D eigenvalue weighted by Crippen LogP contribution is 2.50. The van der Waals surface area contributed by atoms with Crippen molar-refractivity contribution in [2.24, 2.45) is 25.9 Å². The molecular formula is C69H83ClN10O10. The third-order valence-electron chi connectivity index (χ3n) is 17.0. The molecule has 4 aromatic heterocycles. The van der Waals surface area contributed by atoms with Crippen molar-refractivity contribution in [3.8, 4) is 0 Å². The molecule has 6 aromatic rings. The molecule has 10 rings (SSSR count). The van der Waals surface area contributed by atoms with Crippen molar-refractivity contribution in [2.45, 2.75) is 149 Å². The normalized spacial score (nSPS) is 17.5. The van der Waals surface area contributed by atoms with Gasteiger partial charge in [0.15, 0.2) is 11.2 Å². The molecule has 2 aromatic carbocycles. The number of carbonyl (C=O) groups is 6.